The van der Waals surface area contributed by atoms with Gasteiger partial charge in [-0.3, -0.25) is 14.3 Å². The molecule has 2 rings (SSSR count). The molecular weight excluding hydrogens is 222 g/mol. The molecule has 2 heterocycles. The van der Waals surface area contributed by atoms with Gasteiger partial charge in [0.15, 0.2) is 0 Å². The van der Waals surface area contributed by atoms with Crippen LogP contribution in [-0.4, -0.2) is 38.2 Å². The summed E-state index contributed by atoms with van der Waals surface area (Å²) >= 11 is 0. The Morgan fingerprint density at radius 2 is 2.35 bits per heavy atom. The van der Waals surface area contributed by atoms with Gasteiger partial charge < -0.3 is 10.0 Å². The fourth-order valence-electron chi connectivity index (χ4n) is 2.42. The van der Waals surface area contributed by atoms with Crippen molar-refractivity contribution in [3.8, 4) is 0 Å². The van der Waals surface area contributed by atoms with Crippen LogP contribution in [0, 0.1) is 5.92 Å². The van der Waals surface area contributed by atoms with Gasteiger partial charge in [0.05, 0.1) is 17.7 Å². The van der Waals surface area contributed by atoms with Crippen LogP contribution in [0.1, 0.15) is 25.1 Å². The highest BCUT2D eigenvalue weighted by atomic mass is 16.4. The quantitative estimate of drug-likeness (QED) is 0.826. The minimum atomic E-state index is -0.930. The summed E-state index contributed by atoms with van der Waals surface area (Å²) in [5.74, 6) is -1.72. The van der Waals surface area contributed by atoms with E-state index in [4.69, 9.17) is 0 Å². The number of likely N-dealkylation sites (tertiary alicyclic amines) is 1. The summed E-state index contributed by atoms with van der Waals surface area (Å²) in [7, 11) is 1.75. The van der Waals surface area contributed by atoms with Gasteiger partial charge in [0.2, 0.25) is 5.91 Å². The van der Waals surface area contributed by atoms with E-state index in [9.17, 15) is 14.7 Å². The van der Waals surface area contributed by atoms with E-state index in [0.717, 1.165) is 5.69 Å². The average Bonchev–Trinajstić information content (AvgIpc) is 2.81. The minimum absolute atomic E-state index is 0.0685. The Hall–Kier alpha value is -1.85. The second-order valence-corrected chi connectivity index (χ2v) is 4.15. The molecule has 1 N–H and O–H groups in total. The number of rotatable bonds is 3. The molecule has 1 fully saturated rings. The number of amides is 1. The van der Waals surface area contributed by atoms with Crippen molar-refractivity contribution in [3.63, 3.8) is 0 Å². The van der Waals surface area contributed by atoms with Crippen molar-refractivity contribution in [2.75, 3.05) is 6.54 Å². The molecule has 0 aromatic carbocycles. The van der Waals surface area contributed by atoms with Gasteiger partial charge in [-0.25, -0.2) is 0 Å². The molecule has 1 aromatic rings. The monoisotopic (exact) mass is 237 g/mol. The maximum Gasteiger partial charge on any atom is 0.309 e. The molecule has 0 radical (unpaired) electrons. The summed E-state index contributed by atoms with van der Waals surface area (Å²) < 4.78 is 1.63. The van der Waals surface area contributed by atoms with Crippen LogP contribution in [0.5, 0.6) is 0 Å². The van der Waals surface area contributed by atoms with Crippen LogP contribution in [0.3, 0.4) is 0 Å². The molecule has 1 aliphatic heterocycles. The van der Waals surface area contributed by atoms with Gasteiger partial charge >= 0.3 is 5.97 Å². The van der Waals surface area contributed by atoms with Crippen molar-refractivity contribution in [3.05, 3.63) is 18.0 Å². The summed E-state index contributed by atoms with van der Waals surface area (Å²) in [5.41, 5.74) is 0.769. The Morgan fingerprint density at radius 1 is 1.65 bits per heavy atom. The first-order chi connectivity index (χ1) is 8.06. The summed E-state index contributed by atoms with van der Waals surface area (Å²) in [4.78, 5) is 24.6. The third-order valence-electron chi connectivity index (χ3n) is 3.25. The van der Waals surface area contributed by atoms with E-state index in [1.165, 1.54) is 0 Å². The summed E-state index contributed by atoms with van der Waals surface area (Å²) in [6.07, 6.45) is 1.68. The van der Waals surface area contributed by atoms with Crippen molar-refractivity contribution in [1.82, 2.24) is 14.7 Å². The maximum atomic E-state index is 11.8. The standard InChI is InChI=1S/C11H15N3O3/c1-3-14-9(15)6-7(11(16)17)10(14)8-4-5-12-13(8)2/h4-5,7,10H,3,6H2,1-2H3,(H,16,17). The Bertz CT molecular complexity index is 455. The second kappa shape index (κ2) is 4.20. The first kappa shape index (κ1) is 11.6. The Morgan fingerprint density at radius 3 is 2.82 bits per heavy atom. The van der Waals surface area contributed by atoms with Gasteiger partial charge in [-0.15, -0.1) is 0 Å². The third kappa shape index (κ3) is 1.79. The number of carbonyl (C=O) groups is 2. The highest BCUT2D eigenvalue weighted by molar-refractivity contribution is 5.87. The van der Waals surface area contributed by atoms with Crippen molar-refractivity contribution in [2.45, 2.75) is 19.4 Å². The lowest BCUT2D eigenvalue weighted by atomic mass is 9.97. The number of carbonyl (C=O) groups excluding carboxylic acids is 1. The molecule has 0 saturated carbocycles. The first-order valence-corrected chi connectivity index (χ1v) is 5.56. The molecule has 1 amide bonds. The highest BCUT2D eigenvalue weighted by Gasteiger charge is 2.45. The lowest BCUT2D eigenvalue weighted by molar-refractivity contribution is -0.142. The number of carboxylic acid groups (broad SMARTS) is 1. The van der Waals surface area contributed by atoms with E-state index in [2.05, 4.69) is 5.10 Å². The molecule has 17 heavy (non-hydrogen) atoms. The normalized spacial score (nSPS) is 24.4. The predicted molar refractivity (Wildman–Crippen MR) is 59.1 cm³/mol. The SMILES string of the molecule is CCN1C(=O)CC(C(=O)O)C1c1ccnn1C. The molecule has 92 valence electrons. The van der Waals surface area contributed by atoms with Crippen molar-refractivity contribution < 1.29 is 14.7 Å². The van der Waals surface area contributed by atoms with E-state index in [1.807, 2.05) is 6.92 Å². The van der Waals surface area contributed by atoms with E-state index < -0.39 is 17.9 Å². The van der Waals surface area contributed by atoms with E-state index in [1.54, 1.807) is 28.9 Å². The predicted octanol–water partition coefficient (Wildman–Crippen LogP) is 0.414. The molecule has 0 bridgehead atoms. The van der Waals surface area contributed by atoms with Crippen LogP contribution >= 0.6 is 0 Å². The lowest BCUT2D eigenvalue weighted by Crippen LogP contribution is -2.31. The zero-order valence-corrected chi connectivity index (χ0v) is 9.83. The molecular formula is C11H15N3O3. The number of carboxylic acids is 1. The van der Waals surface area contributed by atoms with Crippen molar-refractivity contribution in [2.24, 2.45) is 13.0 Å². The minimum Gasteiger partial charge on any atom is -0.481 e. The lowest BCUT2D eigenvalue weighted by Gasteiger charge is -2.25. The van der Waals surface area contributed by atoms with Crippen LogP contribution in [0.15, 0.2) is 12.3 Å². The largest absolute Gasteiger partial charge is 0.481 e. The summed E-state index contributed by atoms with van der Waals surface area (Å²) in [5, 5.41) is 13.2. The number of hydrogen-bond donors (Lipinski definition) is 1. The van der Waals surface area contributed by atoms with Gasteiger partial charge in [0.1, 0.15) is 0 Å². The van der Waals surface area contributed by atoms with Crippen LogP contribution in [0.25, 0.3) is 0 Å². The fourth-order valence-corrected chi connectivity index (χ4v) is 2.42. The number of aryl methyl sites for hydroxylation is 1. The van der Waals surface area contributed by atoms with E-state index in [-0.39, 0.29) is 12.3 Å². The Balaban J connectivity index is 2.42. The second-order valence-electron chi connectivity index (χ2n) is 4.15. The van der Waals surface area contributed by atoms with Crippen LogP contribution < -0.4 is 0 Å². The number of nitrogens with zero attached hydrogens (tertiary/aromatic N) is 3. The number of aromatic nitrogens is 2. The molecule has 1 saturated heterocycles. The van der Waals surface area contributed by atoms with Crippen LogP contribution in [-0.2, 0) is 16.6 Å². The summed E-state index contributed by atoms with van der Waals surface area (Å²) in [6, 6.07) is 1.36. The fraction of sp³-hybridized carbons (Fsp3) is 0.545. The van der Waals surface area contributed by atoms with Gasteiger partial charge in [-0.2, -0.15) is 5.10 Å². The van der Waals surface area contributed by atoms with Crippen molar-refractivity contribution in [1.29, 1.82) is 0 Å². The first-order valence-electron chi connectivity index (χ1n) is 5.56. The number of aliphatic carboxylic acids is 1. The molecule has 6 heteroatoms. The van der Waals surface area contributed by atoms with Gasteiger partial charge in [-0.05, 0) is 13.0 Å². The molecule has 2 unspecified atom stereocenters. The third-order valence-corrected chi connectivity index (χ3v) is 3.25. The zero-order valence-electron chi connectivity index (χ0n) is 9.83. The molecule has 1 aromatic heterocycles. The van der Waals surface area contributed by atoms with E-state index in [0.29, 0.717) is 6.54 Å². The van der Waals surface area contributed by atoms with Crippen molar-refractivity contribution >= 4 is 11.9 Å². The van der Waals surface area contributed by atoms with E-state index >= 15 is 0 Å². The molecule has 2 atom stereocenters. The average molecular weight is 237 g/mol. The molecule has 6 nitrogen and oxygen atoms in total. The van der Waals surface area contributed by atoms with Gasteiger partial charge in [0, 0.05) is 26.2 Å². The maximum absolute atomic E-state index is 11.8. The van der Waals surface area contributed by atoms with Gasteiger partial charge in [0.25, 0.3) is 0 Å². The zero-order chi connectivity index (χ0) is 12.6. The smallest absolute Gasteiger partial charge is 0.309 e. The molecule has 0 spiro atoms. The summed E-state index contributed by atoms with van der Waals surface area (Å²) in [6.45, 7) is 2.37. The molecule has 1 aliphatic rings. The Labute approximate surface area is 98.8 Å². The molecule has 0 aliphatic carbocycles. The van der Waals surface area contributed by atoms with Crippen LogP contribution in [0.2, 0.25) is 0 Å². The number of hydrogen-bond acceptors (Lipinski definition) is 3. The van der Waals surface area contributed by atoms with Gasteiger partial charge in [-0.1, -0.05) is 0 Å². The highest BCUT2D eigenvalue weighted by Crippen LogP contribution is 2.37. The Kier molecular flexibility index (Phi) is 2.87. The topological polar surface area (TPSA) is 75.4 Å². The van der Waals surface area contributed by atoms with Crippen LogP contribution in [0.4, 0.5) is 0 Å².